The Morgan fingerprint density at radius 3 is 2.35 bits per heavy atom. The van der Waals surface area contributed by atoms with Gasteiger partial charge in [0.1, 0.15) is 5.82 Å². The predicted molar refractivity (Wildman–Crippen MR) is 87.3 cm³/mol. The lowest BCUT2D eigenvalue weighted by molar-refractivity contribution is -0.0814. The van der Waals surface area contributed by atoms with E-state index in [0.717, 1.165) is 30.8 Å². The lowest BCUT2D eigenvalue weighted by atomic mass is 10.1. The second-order valence-corrected chi connectivity index (χ2v) is 6.16. The van der Waals surface area contributed by atoms with Gasteiger partial charge < -0.3 is 9.84 Å². The molecule has 1 N–H and O–H groups in total. The summed E-state index contributed by atoms with van der Waals surface area (Å²) in [5, 5.41) is 9.11. The highest BCUT2D eigenvalue weighted by Crippen LogP contribution is 2.26. The quantitative estimate of drug-likeness (QED) is 0.940. The number of morpholine rings is 1. The summed E-state index contributed by atoms with van der Waals surface area (Å²) in [4.78, 5) is 2.36. The standard InChI is InChI=1S/C19H22FNO2/c1-14-10-21(11-15-2-4-16(13-22)5-3-15)12-19(23-14)17-6-8-18(20)9-7-17/h2-9,14,19,22H,10-13H2,1H3. The van der Waals surface area contributed by atoms with Crippen molar-refractivity contribution in [2.75, 3.05) is 13.1 Å². The van der Waals surface area contributed by atoms with Gasteiger partial charge in [-0.3, -0.25) is 4.90 Å². The molecule has 0 aliphatic carbocycles. The molecular weight excluding hydrogens is 293 g/mol. The Kier molecular flexibility index (Phi) is 5.06. The van der Waals surface area contributed by atoms with Gasteiger partial charge in [-0.25, -0.2) is 4.39 Å². The van der Waals surface area contributed by atoms with E-state index < -0.39 is 0 Å². The third-order valence-electron chi connectivity index (χ3n) is 4.19. The average Bonchev–Trinajstić information content (AvgIpc) is 2.56. The van der Waals surface area contributed by atoms with E-state index in [4.69, 9.17) is 9.84 Å². The van der Waals surface area contributed by atoms with Crippen molar-refractivity contribution in [1.82, 2.24) is 4.90 Å². The molecule has 23 heavy (non-hydrogen) atoms. The molecule has 1 heterocycles. The van der Waals surface area contributed by atoms with E-state index in [-0.39, 0.29) is 24.6 Å². The van der Waals surface area contributed by atoms with Gasteiger partial charge in [0.2, 0.25) is 0 Å². The number of halogens is 1. The minimum absolute atomic E-state index is 0.0314. The Morgan fingerprint density at radius 2 is 1.70 bits per heavy atom. The third-order valence-corrected chi connectivity index (χ3v) is 4.19. The highest BCUT2D eigenvalue weighted by Gasteiger charge is 2.26. The van der Waals surface area contributed by atoms with E-state index in [2.05, 4.69) is 24.0 Å². The van der Waals surface area contributed by atoms with Gasteiger partial charge >= 0.3 is 0 Å². The summed E-state index contributed by atoms with van der Waals surface area (Å²) in [5.41, 5.74) is 3.15. The highest BCUT2D eigenvalue weighted by molar-refractivity contribution is 5.23. The van der Waals surface area contributed by atoms with Gasteiger partial charge in [0.25, 0.3) is 0 Å². The molecule has 122 valence electrons. The van der Waals surface area contributed by atoms with Gasteiger partial charge in [-0.1, -0.05) is 36.4 Å². The summed E-state index contributed by atoms with van der Waals surface area (Å²) < 4.78 is 19.1. The molecule has 2 atom stereocenters. The Labute approximate surface area is 136 Å². The predicted octanol–water partition coefficient (Wildman–Crippen LogP) is 3.28. The van der Waals surface area contributed by atoms with Crippen molar-refractivity contribution in [3.63, 3.8) is 0 Å². The second kappa shape index (κ2) is 7.21. The molecule has 3 rings (SSSR count). The fourth-order valence-electron chi connectivity index (χ4n) is 3.04. The monoisotopic (exact) mass is 315 g/mol. The average molecular weight is 315 g/mol. The molecule has 0 amide bonds. The molecule has 0 saturated carbocycles. The van der Waals surface area contributed by atoms with Crippen LogP contribution in [0.25, 0.3) is 0 Å². The molecule has 1 fully saturated rings. The SMILES string of the molecule is CC1CN(Cc2ccc(CO)cc2)CC(c2ccc(F)cc2)O1. The first-order valence-corrected chi connectivity index (χ1v) is 7.96. The number of nitrogens with zero attached hydrogens (tertiary/aromatic N) is 1. The summed E-state index contributed by atoms with van der Waals surface area (Å²) in [6, 6.07) is 14.6. The van der Waals surface area contributed by atoms with Gasteiger partial charge in [0.05, 0.1) is 18.8 Å². The third kappa shape index (κ3) is 4.16. The first-order valence-electron chi connectivity index (χ1n) is 7.96. The minimum Gasteiger partial charge on any atom is -0.392 e. The van der Waals surface area contributed by atoms with Crippen molar-refractivity contribution in [2.45, 2.75) is 32.3 Å². The number of hydrogen-bond acceptors (Lipinski definition) is 3. The van der Waals surface area contributed by atoms with Crippen molar-refractivity contribution in [2.24, 2.45) is 0 Å². The molecule has 2 aromatic rings. The summed E-state index contributed by atoms with van der Waals surface area (Å²) in [6.45, 7) is 4.65. The first-order chi connectivity index (χ1) is 11.1. The summed E-state index contributed by atoms with van der Waals surface area (Å²) in [6.07, 6.45) is 0.103. The maximum atomic E-state index is 13.1. The van der Waals surface area contributed by atoms with Gasteiger partial charge in [0, 0.05) is 19.6 Å². The second-order valence-electron chi connectivity index (χ2n) is 6.16. The Morgan fingerprint density at radius 1 is 1.04 bits per heavy atom. The van der Waals surface area contributed by atoms with E-state index in [1.54, 1.807) is 12.1 Å². The van der Waals surface area contributed by atoms with Crippen LogP contribution < -0.4 is 0 Å². The summed E-state index contributed by atoms with van der Waals surface area (Å²) in [5.74, 6) is -0.224. The van der Waals surface area contributed by atoms with Crippen LogP contribution in [0.3, 0.4) is 0 Å². The molecule has 2 unspecified atom stereocenters. The zero-order valence-corrected chi connectivity index (χ0v) is 13.3. The van der Waals surface area contributed by atoms with Crippen molar-refractivity contribution in [3.05, 3.63) is 71.0 Å². The van der Waals surface area contributed by atoms with Crippen LogP contribution in [0.4, 0.5) is 4.39 Å². The molecule has 1 aliphatic heterocycles. The molecule has 1 aliphatic rings. The molecule has 4 heteroatoms. The van der Waals surface area contributed by atoms with Crippen LogP contribution in [0.5, 0.6) is 0 Å². The van der Waals surface area contributed by atoms with Crippen LogP contribution >= 0.6 is 0 Å². The molecule has 0 aromatic heterocycles. The maximum absolute atomic E-state index is 13.1. The largest absolute Gasteiger partial charge is 0.392 e. The van der Waals surface area contributed by atoms with Crippen LogP contribution in [0.1, 0.15) is 29.7 Å². The number of aliphatic hydroxyl groups is 1. The van der Waals surface area contributed by atoms with E-state index in [1.807, 2.05) is 12.1 Å². The van der Waals surface area contributed by atoms with Gasteiger partial charge in [0.15, 0.2) is 0 Å². The number of rotatable bonds is 4. The van der Waals surface area contributed by atoms with Crippen molar-refractivity contribution < 1.29 is 14.2 Å². The number of hydrogen-bond donors (Lipinski definition) is 1. The van der Waals surface area contributed by atoms with Crippen LogP contribution in [-0.4, -0.2) is 29.2 Å². The summed E-state index contributed by atoms with van der Waals surface area (Å²) >= 11 is 0. The molecule has 0 spiro atoms. The Bertz CT molecular complexity index is 627. The molecule has 1 saturated heterocycles. The van der Waals surface area contributed by atoms with Crippen LogP contribution in [-0.2, 0) is 17.9 Å². The smallest absolute Gasteiger partial charge is 0.123 e. The number of aliphatic hydroxyl groups excluding tert-OH is 1. The normalized spacial score (nSPS) is 22.2. The van der Waals surface area contributed by atoms with Crippen molar-refractivity contribution in [1.29, 1.82) is 0 Å². The molecule has 3 nitrogen and oxygen atoms in total. The van der Waals surface area contributed by atoms with Gasteiger partial charge in [-0.05, 0) is 35.7 Å². The summed E-state index contributed by atoms with van der Waals surface area (Å²) in [7, 11) is 0. The van der Waals surface area contributed by atoms with E-state index in [9.17, 15) is 4.39 Å². The Hall–Kier alpha value is -1.75. The van der Waals surface area contributed by atoms with Crippen LogP contribution in [0.15, 0.2) is 48.5 Å². The lowest BCUT2D eigenvalue weighted by Gasteiger charge is -2.37. The molecule has 0 bridgehead atoms. The van der Waals surface area contributed by atoms with Gasteiger partial charge in [-0.15, -0.1) is 0 Å². The Balaban J connectivity index is 1.68. The van der Waals surface area contributed by atoms with E-state index in [0.29, 0.717) is 0 Å². The van der Waals surface area contributed by atoms with E-state index >= 15 is 0 Å². The minimum atomic E-state index is -0.224. The van der Waals surface area contributed by atoms with Gasteiger partial charge in [-0.2, -0.15) is 0 Å². The van der Waals surface area contributed by atoms with E-state index in [1.165, 1.54) is 17.7 Å². The van der Waals surface area contributed by atoms with Crippen LogP contribution in [0.2, 0.25) is 0 Å². The number of ether oxygens (including phenoxy) is 1. The zero-order valence-electron chi connectivity index (χ0n) is 13.3. The number of benzene rings is 2. The molecular formula is C19H22FNO2. The van der Waals surface area contributed by atoms with Crippen LogP contribution in [0, 0.1) is 5.82 Å². The first kappa shape index (κ1) is 16.1. The topological polar surface area (TPSA) is 32.7 Å². The maximum Gasteiger partial charge on any atom is 0.123 e. The fourth-order valence-corrected chi connectivity index (χ4v) is 3.04. The van der Waals surface area contributed by atoms with Crippen molar-refractivity contribution in [3.8, 4) is 0 Å². The zero-order chi connectivity index (χ0) is 16.2. The molecule has 2 aromatic carbocycles. The molecule has 0 radical (unpaired) electrons. The highest BCUT2D eigenvalue weighted by atomic mass is 19.1. The fraction of sp³-hybridized carbons (Fsp3) is 0.368. The van der Waals surface area contributed by atoms with Crippen molar-refractivity contribution >= 4 is 0 Å². The lowest BCUT2D eigenvalue weighted by Crippen LogP contribution is -2.42.